The highest BCUT2D eigenvalue weighted by molar-refractivity contribution is 6.07. The summed E-state index contributed by atoms with van der Waals surface area (Å²) in [7, 11) is 4.08. The van der Waals surface area contributed by atoms with Crippen molar-refractivity contribution in [3.8, 4) is 11.4 Å². The lowest BCUT2D eigenvalue weighted by Gasteiger charge is -2.28. The monoisotopic (exact) mass is 362 g/mol. The van der Waals surface area contributed by atoms with E-state index in [4.69, 9.17) is 0 Å². The maximum absolute atomic E-state index is 13.0. The molecule has 2 aromatic heterocycles. The minimum atomic E-state index is -0.0849. The molecule has 1 aromatic carbocycles. The number of likely N-dealkylation sites (N-methyl/N-ethyl adjacent to an activating group) is 1. The van der Waals surface area contributed by atoms with E-state index in [0.29, 0.717) is 23.7 Å². The van der Waals surface area contributed by atoms with Crippen LogP contribution in [0.1, 0.15) is 24.2 Å². The number of nitrogens with zero attached hydrogens (tertiary/aromatic N) is 3. The smallest absolute Gasteiger partial charge is 0.252 e. The molecule has 1 amide bonds. The summed E-state index contributed by atoms with van der Waals surface area (Å²) < 4.78 is 0. The lowest BCUT2D eigenvalue weighted by atomic mass is 10.0. The predicted octanol–water partition coefficient (Wildman–Crippen LogP) is 3.61. The van der Waals surface area contributed by atoms with Gasteiger partial charge in [-0.25, -0.2) is 4.98 Å². The van der Waals surface area contributed by atoms with Crippen molar-refractivity contribution in [1.29, 1.82) is 0 Å². The van der Waals surface area contributed by atoms with Gasteiger partial charge in [0.1, 0.15) is 0 Å². The molecule has 27 heavy (non-hydrogen) atoms. The average molecular weight is 362 g/mol. The Bertz CT molecular complexity index is 914. The van der Waals surface area contributed by atoms with E-state index in [1.807, 2.05) is 62.6 Å². The van der Waals surface area contributed by atoms with E-state index < -0.39 is 0 Å². The van der Waals surface area contributed by atoms with Crippen LogP contribution in [0.4, 0.5) is 0 Å². The Morgan fingerprint density at radius 1 is 1.07 bits per heavy atom. The fraction of sp³-hybridized carbons (Fsp3) is 0.318. The minimum Gasteiger partial charge on any atom is -0.350 e. The SMILES string of the molecule is CC(C)[C@@H](CNC(=O)c1cc(-c2ccccn2)nc2ccccc12)N(C)C. The number of carbonyl (C=O) groups is 1. The Hall–Kier alpha value is -2.79. The van der Waals surface area contributed by atoms with E-state index in [2.05, 4.69) is 34.0 Å². The number of fused-ring (bicyclic) bond motifs is 1. The van der Waals surface area contributed by atoms with Gasteiger partial charge in [0.15, 0.2) is 0 Å². The standard InChI is InChI=1S/C22H26N4O/c1-15(2)21(26(3)4)14-24-22(27)17-13-20(19-11-7-8-12-23-19)25-18-10-6-5-9-16(17)18/h5-13,15,21H,14H2,1-4H3,(H,24,27)/t21-/m1/s1. The van der Waals surface area contributed by atoms with Crippen molar-refractivity contribution < 1.29 is 4.79 Å². The molecule has 1 N–H and O–H groups in total. The first kappa shape index (κ1) is 19.0. The number of aromatic nitrogens is 2. The van der Waals surface area contributed by atoms with Crippen LogP contribution in [0.15, 0.2) is 54.7 Å². The summed E-state index contributed by atoms with van der Waals surface area (Å²) in [6.07, 6.45) is 1.73. The van der Waals surface area contributed by atoms with Crippen LogP contribution < -0.4 is 5.32 Å². The second-order valence-corrected chi connectivity index (χ2v) is 7.27. The third kappa shape index (κ3) is 4.31. The van der Waals surface area contributed by atoms with E-state index in [1.165, 1.54) is 0 Å². The molecule has 1 atom stereocenters. The molecule has 140 valence electrons. The van der Waals surface area contributed by atoms with E-state index in [9.17, 15) is 4.79 Å². The van der Waals surface area contributed by atoms with Crippen molar-refractivity contribution >= 4 is 16.8 Å². The Balaban J connectivity index is 1.96. The summed E-state index contributed by atoms with van der Waals surface area (Å²) in [5.74, 6) is 0.358. The first-order valence-electron chi connectivity index (χ1n) is 9.23. The number of nitrogens with one attached hydrogen (secondary N) is 1. The van der Waals surface area contributed by atoms with Crippen molar-refractivity contribution in [2.75, 3.05) is 20.6 Å². The molecule has 0 radical (unpaired) electrons. The molecular weight excluding hydrogens is 336 g/mol. The zero-order valence-corrected chi connectivity index (χ0v) is 16.3. The molecule has 0 unspecified atom stereocenters. The summed E-state index contributed by atoms with van der Waals surface area (Å²) in [5.41, 5.74) is 2.87. The normalized spacial score (nSPS) is 12.5. The fourth-order valence-corrected chi connectivity index (χ4v) is 3.32. The molecule has 5 heteroatoms. The molecule has 0 aliphatic heterocycles. The molecule has 5 nitrogen and oxygen atoms in total. The van der Waals surface area contributed by atoms with Crippen molar-refractivity contribution in [2.24, 2.45) is 5.92 Å². The minimum absolute atomic E-state index is 0.0849. The van der Waals surface area contributed by atoms with Gasteiger partial charge < -0.3 is 10.2 Å². The number of amides is 1. The summed E-state index contributed by atoms with van der Waals surface area (Å²) >= 11 is 0. The summed E-state index contributed by atoms with van der Waals surface area (Å²) in [5, 5.41) is 3.95. The van der Waals surface area contributed by atoms with Crippen LogP contribution in [0.3, 0.4) is 0 Å². The molecule has 0 spiro atoms. The number of carbonyl (C=O) groups excluding carboxylic acids is 1. The van der Waals surface area contributed by atoms with Crippen LogP contribution in [-0.2, 0) is 0 Å². The number of para-hydroxylation sites is 1. The molecule has 0 fully saturated rings. The third-order valence-corrected chi connectivity index (χ3v) is 4.79. The largest absolute Gasteiger partial charge is 0.350 e. The zero-order chi connectivity index (χ0) is 19.4. The van der Waals surface area contributed by atoms with Gasteiger partial charge in [-0.05, 0) is 44.3 Å². The van der Waals surface area contributed by atoms with E-state index in [-0.39, 0.29) is 11.9 Å². The summed E-state index contributed by atoms with van der Waals surface area (Å²) in [6.45, 7) is 4.93. The quantitative estimate of drug-likeness (QED) is 0.728. The van der Waals surface area contributed by atoms with Gasteiger partial charge in [0.2, 0.25) is 0 Å². The first-order valence-corrected chi connectivity index (χ1v) is 9.23. The van der Waals surface area contributed by atoms with Gasteiger partial charge >= 0.3 is 0 Å². The molecule has 0 aliphatic carbocycles. The lowest BCUT2D eigenvalue weighted by molar-refractivity contribution is 0.0936. The Kier molecular flexibility index (Phi) is 5.81. The second-order valence-electron chi connectivity index (χ2n) is 7.27. The summed E-state index contributed by atoms with van der Waals surface area (Å²) in [4.78, 5) is 24.2. The highest BCUT2D eigenvalue weighted by Gasteiger charge is 2.19. The van der Waals surface area contributed by atoms with Crippen LogP contribution in [0, 0.1) is 5.92 Å². The van der Waals surface area contributed by atoms with E-state index >= 15 is 0 Å². The van der Waals surface area contributed by atoms with Crippen molar-refractivity contribution in [1.82, 2.24) is 20.2 Å². The molecule has 0 aliphatic rings. The van der Waals surface area contributed by atoms with Crippen molar-refractivity contribution in [3.05, 3.63) is 60.3 Å². The molecule has 2 heterocycles. The number of rotatable bonds is 6. The molecule has 0 bridgehead atoms. The van der Waals surface area contributed by atoms with Crippen LogP contribution in [0.2, 0.25) is 0 Å². The average Bonchev–Trinajstić information content (AvgIpc) is 2.67. The first-order chi connectivity index (χ1) is 13.0. The Morgan fingerprint density at radius 2 is 1.81 bits per heavy atom. The number of hydrogen-bond donors (Lipinski definition) is 1. The Labute approximate surface area is 160 Å². The van der Waals surface area contributed by atoms with Gasteiger partial charge in [-0.3, -0.25) is 9.78 Å². The molecule has 3 aromatic rings. The Morgan fingerprint density at radius 3 is 2.48 bits per heavy atom. The number of pyridine rings is 2. The van der Waals surface area contributed by atoms with Crippen molar-refractivity contribution in [2.45, 2.75) is 19.9 Å². The summed E-state index contributed by atoms with van der Waals surface area (Å²) in [6, 6.07) is 15.5. The maximum Gasteiger partial charge on any atom is 0.252 e. The van der Waals surface area contributed by atoms with Crippen LogP contribution >= 0.6 is 0 Å². The van der Waals surface area contributed by atoms with Gasteiger partial charge in [-0.2, -0.15) is 0 Å². The second kappa shape index (κ2) is 8.27. The van der Waals surface area contributed by atoms with Gasteiger partial charge in [0.25, 0.3) is 5.91 Å². The third-order valence-electron chi connectivity index (χ3n) is 4.79. The van der Waals surface area contributed by atoms with Crippen LogP contribution in [-0.4, -0.2) is 47.5 Å². The molecule has 0 saturated heterocycles. The van der Waals surface area contributed by atoms with Gasteiger partial charge in [0, 0.05) is 24.2 Å². The van der Waals surface area contributed by atoms with Gasteiger partial charge in [-0.1, -0.05) is 38.1 Å². The highest BCUT2D eigenvalue weighted by Crippen LogP contribution is 2.23. The zero-order valence-electron chi connectivity index (χ0n) is 16.3. The molecular formula is C22H26N4O. The fourth-order valence-electron chi connectivity index (χ4n) is 3.32. The molecule has 0 saturated carbocycles. The van der Waals surface area contributed by atoms with Gasteiger partial charge in [0.05, 0.1) is 22.5 Å². The predicted molar refractivity (Wildman–Crippen MR) is 110 cm³/mol. The highest BCUT2D eigenvalue weighted by atomic mass is 16.1. The van der Waals surface area contributed by atoms with E-state index in [1.54, 1.807) is 6.20 Å². The van der Waals surface area contributed by atoms with Gasteiger partial charge in [-0.15, -0.1) is 0 Å². The number of benzene rings is 1. The van der Waals surface area contributed by atoms with Crippen LogP contribution in [0.25, 0.3) is 22.3 Å². The van der Waals surface area contributed by atoms with Crippen LogP contribution in [0.5, 0.6) is 0 Å². The lowest BCUT2D eigenvalue weighted by Crippen LogP contribution is -2.43. The number of hydrogen-bond acceptors (Lipinski definition) is 4. The van der Waals surface area contributed by atoms with Crippen molar-refractivity contribution in [3.63, 3.8) is 0 Å². The molecule has 3 rings (SSSR count). The topological polar surface area (TPSA) is 58.1 Å². The van der Waals surface area contributed by atoms with E-state index in [0.717, 1.165) is 16.6 Å². The maximum atomic E-state index is 13.0.